The first kappa shape index (κ1) is 14.4. The zero-order valence-electron chi connectivity index (χ0n) is 10.1. The maximum atomic E-state index is 11.8. The number of nitrogens with one attached hydrogen (secondary N) is 1. The van der Waals surface area contributed by atoms with Crippen molar-refractivity contribution < 1.29 is 4.79 Å². The summed E-state index contributed by atoms with van der Waals surface area (Å²) in [5.41, 5.74) is 6.65. The number of para-hydroxylation sites is 1. The number of hydrogen-bond acceptors (Lipinski definition) is 4. The minimum absolute atomic E-state index is 0.111. The molecule has 0 fully saturated rings. The minimum atomic E-state index is -0.433. The first-order valence-corrected chi connectivity index (χ1v) is 7.99. The van der Waals surface area contributed by atoms with Gasteiger partial charge in [-0.05, 0) is 36.8 Å². The summed E-state index contributed by atoms with van der Waals surface area (Å²) >= 11 is 3.30. The van der Waals surface area contributed by atoms with E-state index in [0.717, 1.165) is 16.3 Å². The Morgan fingerprint density at radius 1 is 1.41 bits per heavy atom. The zero-order valence-corrected chi connectivity index (χ0v) is 11.7. The fourth-order valence-electron chi connectivity index (χ4n) is 1.35. The summed E-state index contributed by atoms with van der Waals surface area (Å²) in [5.74, 6) is 0.791. The number of benzene rings is 1. The second-order valence-corrected chi connectivity index (χ2v) is 5.41. The lowest BCUT2D eigenvalue weighted by Gasteiger charge is -2.13. The van der Waals surface area contributed by atoms with Crippen LogP contribution in [0.25, 0.3) is 0 Å². The van der Waals surface area contributed by atoms with E-state index in [1.165, 1.54) is 0 Å². The van der Waals surface area contributed by atoms with Crippen molar-refractivity contribution in [3.8, 4) is 0 Å². The van der Waals surface area contributed by atoms with Crippen molar-refractivity contribution in [2.45, 2.75) is 17.4 Å². The van der Waals surface area contributed by atoms with E-state index in [2.05, 4.69) is 5.32 Å². The van der Waals surface area contributed by atoms with Gasteiger partial charge in [0.1, 0.15) is 0 Å². The van der Waals surface area contributed by atoms with E-state index in [9.17, 15) is 4.79 Å². The summed E-state index contributed by atoms with van der Waals surface area (Å²) in [4.78, 5) is 12.9. The van der Waals surface area contributed by atoms with Gasteiger partial charge in [-0.1, -0.05) is 12.1 Å². The van der Waals surface area contributed by atoms with Crippen LogP contribution in [0.3, 0.4) is 0 Å². The van der Waals surface area contributed by atoms with Crippen molar-refractivity contribution in [3.63, 3.8) is 0 Å². The molecule has 0 radical (unpaired) electrons. The normalized spacial score (nSPS) is 12.2. The number of carbonyl (C=O) groups is 1. The number of thioether (sulfide) groups is 2. The van der Waals surface area contributed by atoms with Gasteiger partial charge in [-0.25, -0.2) is 0 Å². The zero-order chi connectivity index (χ0) is 12.7. The van der Waals surface area contributed by atoms with Crippen LogP contribution in [0.1, 0.15) is 6.42 Å². The second-order valence-electron chi connectivity index (χ2n) is 3.58. The van der Waals surface area contributed by atoms with Crippen LogP contribution < -0.4 is 11.1 Å². The molecule has 94 valence electrons. The first-order chi connectivity index (χ1) is 8.19. The average Bonchev–Trinajstić information content (AvgIpc) is 2.36. The molecular weight excluding hydrogens is 252 g/mol. The fraction of sp³-hybridized carbons (Fsp3) is 0.417. The SMILES string of the molecule is CSCC[C@H](N)C(=O)Nc1ccccc1SC. The molecule has 1 atom stereocenters. The Bertz CT molecular complexity index is 371. The predicted molar refractivity (Wildman–Crippen MR) is 77.8 cm³/mol. The smallest absolute Gasteiger partial charge is 0.241 e. The highest BCUT2D eigenvalue weighted by atomic mass is 32.2. The molecule has 1 aromatic rings. The summed E-state index contributed by atoms with van der Waals surface area (Å²) in [6.45, 7) is 0. The summed E-state index contributed by atoms with van der Waals surface area (Å²) in [6.07, 6.45) is 4.70. The molecule has 0 aromatic heterocycles. The van der Waals surface area contributed by atoms with Crippen molar-refractivity contribution in [2.24, 2.45) is 5.73 Å². The number of anilines is 1. The Kier molecular flexibility index (Phi) is 6.47. The number of amides is 1. The van der Waals surface area contributed by atoms with Gasteiger partial charge in [0.05, 0.1) is 11.7 Å². The Balaban J connectivity index is 2.61. The predicted octanol–water partition coefficient (Wildman–Crippen LogP) is 2.43. The van der Waals surface area contributed by atoms with Crippen molar-refractivity contribution in [2.75, 3.05) is 23.6 Å². The first-order valence-electron chi connectivity index (χ1n) is 5.37. The van der Waals surface area contributed by atoms with E-state index < -0.39 is 6.04 Å². The molecule has 17 heavy (non-hydrogen) atoms. The monoisotopic (exact) mass is 270 g/mol. The summed E-state index contributed by atoms with van der Waals surface area (Å²) in [7, 11) is 0. The van der Waals surface area contributed by atoms with Gasteiger partial charge in [-0.3, -0.25) is 4.79 Å². The molecule has 1 amide bonds. The van der Waals surface area contributed by atoms with Crippen molar-refractivity contribution >= 4 is 35.1 Å². The molecule has 0 heterocycles. The van der Waals surface area contributed by atoms with Gasteiger partial charge in [0.15, 0.2) is 0 Å². The van der Waals surface area contributed by atoms with Crippen LogP contribution in [0.2, 0.25) is 0 Å². The van der Waals surface area contributed by atoms with E-state index in [0.29, 0.717) is 6.42 Å². The molecule has 1 rings (SSSR count). The lowest BCUT2D eigenvalue weighted by molar-refractivity contribution is -0.117. The molecule has 0 saturated carbocycles. The Hall–Kier alpha value is -0.650. The van der Waals surface area contributed by atoms with Gasteiger partial charge < -0.3 is 11.1 Å². The highest BCUT2D eigenvalue weighted by Crippen LogP contribution is 2.24. The fourth-order valence-corrected chi connectivity index (χ4v) is 2.39. The lowest BCUT2D eigenvalue weighted by atomic mass is 10.2. The summed E-state index contributed by atoms with van der Waals surface area (Å²) in [6, 6.07) is 7.30. The quantitative estimate of drug-likeness (QED) is 0.780. The Labute approximate surface area is 111 Å². The summed E-state index contributed by atoms with van der Waals surface area (Å²) in [5, 5.41) is 2.88. The van der Waals surface area contributed by atoms with Crippen LogP contribution in [-0.2, 0) is 4.79 Å². The van der Waals surface area contributed by atoms with Gasteiger partial charge in [-0.15, -0.1) is 11.8 Å². The van der Waals surface area contributed by atoms with Gasteiger partial charge in [-0.2, -0.15) is 11.8 Å². The van der Waals surface area contributed by atoms with E-state index in [1.807, 2.05) is 36.8 Å². The lowest BCUT2D eigenvalue weighted by Crippen LogP contribution is -2.36. The molecule has 1 aromatic carbocycles. The molecule has 0 unspecified atom stereocenters. The molecule has 0 aliphatic rings. The molecule has 0 saturated heterocycles. The van der Waals surface area contributed by atoms with Gasteiger partial charge >= 0.3 is 0 Å². The molecule has 0 bridgehead atoms. The van der Waals surface area contributed by atoms with Crippen LogP contribution >= 0.6 is 23.5 Å². The van der Waals surface area contributed by atoms with Crippen LogP contribution in [0.15, 0.2) is 29.2 Å². The third-order valence-corrected chi connectivity index (χ3v) is 3.77. The standard InChI is InChI=1S/C12H18N2OS2/c1-16-8-7-9(13)12(15)14-10-5-3-4-6-11(10)17-2/h3-6,9H,7-8,13H2,1-2H3,(H,14,15)/t9-/m0/s1. The van der Waals surface area contributed by atoms with Crippen molar-refractivity contribution in [3.05, 3.63) is 24.3 Å². The molecule has 5 heteroatoms. The minimum Gasteiger partial charge on any atom is -0.324 e. The second kappa shape index (κ2) is 7.63. The molecule has 0 spiro atoms. The molecule has 0 aliphatic carbocycles. The topological polar surface area (TPSA) is 55.1 Å². The molecule has 3 nitrogen and oxygen atoms in total. The number of nitrogens with two attached hydrogens (primary N) is 1. The van der Waals surface area contributed by atoms with Crippen LogP contribution in [0.4, 0.5) is 5.69 Å². The maximum Gasteiger partial charge on any atom is 0.241 e. The number of hydrogen-bond donors (Lipinski definition) is 2. The maximum absolute atomic E-state index is 11.8. The highest BCUT2D eigenvalue weighted by molar-refractivity contribution is 7.98. The van der Waals surface area contributed by atoms with Gasteiger partial charge in [0.2, 0.25) is 5.91 Å². The van der Waals surface area contributed by atoms with Crippen molar-refractivity contribution in [1.29, 1.82) is 0 Å². The van der Waals surface area contributed by atoms with Crippen LogP contribution in [0, 0.1) is 0 Å². The number of rotatable bonds is 6. The van der Waals surface area contributed by atoms with E-state index >= 15 is 0 Å². The number of carbonyl (C=O) groups excluding carboxylic acids is 1. The largest absolute Gasteiger partial charge is 0.324 e. The van der Waals surface area contributed by atoms with E-state index in [-0.39, 0.29) is 5.91 Å². The third kappa shape index (κ3) is 4.61. The molecule has 0 aliphatic heterocycles. The van der Waals surface area contributed by atoms with Crippen LogP contribution in [0.5, 0.6) is 0 Å². The summed E-state index contributed by atoms with van der Waals surface area (Å²) < 4.78 is 0. The third-order valence-electron chi connectivity index (χ3n) is 2.33. The van der Waals surface area contributed by atoms with Gasteiger partial charge in [0.25, 0.3) is 0 Å². The Morgan fingerprint density at radius 3 is 2.76 bits per heavy atom. The van der Waals surface area contributed by atoms with E-state index in [1.54, 1.807) is 23.5 Å². The molecule has 3 N–H and O–H groups in total. The van der Waals surface area contributed by atoms with Crippen LogP contribution in [-0.4, -0.2) is 30.2 Å². The molecular formula is C12H18N2OS2. The van der Waals surface area contributed by atoms with Gasteiger partial charge in [0, 0.05) is 4.90 Å². The average molecular weight is 270 g/mol. The van der Waals surface area contributed by atoms with Crippen molar-refractivity contribution in [1.82, 2.24) is 0 Å². The highest BCUT2D eigenvalue weighted by Gasteiger charge is 2.14. The Morgan fingerprint density at radius 2 is 2.12 bits per heavy atom. The van der Waals surface area contributed by atoms with E-state index in [4.69, 9.17) is 5.73 Å².